The molecule has 0 radical (unpaired) electrons. The van der Waals surface area contributed by atoms with Crippen LogP contribution in [-0.2, 0) is 11.4 Å². The summed E-state index contributed by atoms with van der Waals surface area (Å²) in [5.74, 6) is -0.856. The summed E-state index contributed by atoms with van der Waals surface area (Å²) in [7, 11) is 0. The van der Waals surface area contributed by atoms with Crippen molar-refractivity contribution < 1.29 is 19.0 Å². The number of hydrogen-bond acceptors (Lipinski definition) is 5. The molecule has 1 heterocycles. The Kier molecular flexibility index (Phi) is 5.61. The molecule has 1 N–H and O–H groups in total. The van der Waals surface area contributed by atoms with E-state index >= 15 is 0 Å². The van der Waals surface area contributed by atoms with Crippen molar-refractivity contribution in [3.8, 4) is 11.1 Å². The van der Waals surface area contributed by atoms with Gasteiger partial charge in [-0.3, -0.25) is 0 Å². The number of carboxylic acid groups (broad SMARTS) is 1. The lowest BCUT2D eigenvalue weighted by atomic mass is 9.94. The molecular formula is C17H19ClN2O4S. The van der Waals surface area contributed by atoms with Crippen molar-refractivity contribution in [3.63, 3.8) is 0 Å². The van der Waals surface area contributed by atoms with E-state index in [9.17, 15) is 14.5 Å². The van der Waals surface area contributed by atoms with Gasteiger partial charge in [-0.15, -0.1) is 0 Å². The molecule has 2 rings (SSSR count). The van der Waals surface area contributed by atoms with Crippen LogP contribution in [0.25, 0.3) is 11.1 Å². The van der Waals surface area contributed by atoms with E-state index in [0.29, 0.717) is 27.4 Å². The molecule has 0 saturated carbocycles. The SMILES string of the molecule is Cc1cc(Cl)cc(C(=O)O)c1-c1c(C)noc1C=N[S@@+]([O-])C(C)(C)C. The predicted octanol–water partition coefficient (Wildman–Crippen LogP) is 4.19. The van der Waals surface area contributed by atoms with E-state index in [2.05, 4.69) is 9.55 Å². The standard InChI is InChI=1S/C17H19ClN2O4S/c1-9-6-11(18)7-12(16(21)22)14(9)15-10(2)20-24-13(15)8-19-25(23)17(3,4)5/h6-8H,1-5H3,(H,21,22)/t25-/m0/s1. The molecule has 1 aromatic heterocycles. The summed E-state index contributed by atoms with van der Waals surface area (Å²) >= 11 is 4.52. The summed E-state index contributed by atoms with van der Waals surface area (Å²) in [6, 6.07) is 3.05. The van der Waals surface area contributed by atoms with E-state index in [0.717, 1.165) is 0 Å². The van der Waals surface area contributed by atoms with Crippen LogP contribution in [0.2, 0.25) is 5.02 Å². The number of halogens is 1. The smallest absolute Gasteiger partial charge is 0.336 e. The molecule has 25 heavy (non-hydrogen) atoms. The van der Waals surface area contributed by atoms with E-state index in [1.807, 2.05) is 0 Å². The molecule has 0 fully saturated rings. The van der Waals surface area contributed by atoms with Crippen molar-refractivity contribution in [3.05, 3.63) is 39.7 Å². The summed E-state index contributed by atoms with van der Waals surface area (Å²) in [4.78, 5) is 11.6. The normalized spacial score (nSPS) is 13.4. The van der Waals surface area contributed by atoms with Crippen molar-refractivity contribution in [2.75, 3.05) is 0 Å². The number of carboxylic acids is 1. The molecule has 8 heteroatoms. The van der Waals surface area contributed by atoms with E-state index in [4.69, 9.17) is 16.1 Å². The Morgan fingerprint density at radius 2 is 2.00 bits per heavy atom. The first-order chi connectivity index (χ1) is 11.5. The molecule has 1 atom stereocenters. The van der Waals surface area contributed by atoms with Gasteiger partial charge in [-0.2, -0.15) is 0 Å². The van der Waals surface area contributed by atoms with Crippen LogP contribution in [-0.4, -0.2) is 31.7 Å². The van der Waals surface area contributed by atoms with Crippen LogP contribution >= 0.6 is 11.6 Å². The van der Waals surface area contributed by atoms with Crippen molar-refractivity contribution in [2.45, 2.75) is 39.4 Å². The maximum Gasteiger partial charge on any atom is 0.336 e. The van der Waals surface area contributed by atoms with Crippen LogP contribution in [0.1, 0.15) is 48.1 Å². The Morgan fingerprint density at radius 3 is 2.56 bits per heavy atom. The molecule has 0 saturated heterocycles. The Hall–Kier alpha value is -1.83. The largest absolute Gasteiger partial charge is 0.591 e. The van der Waals surface area contributed by atoms with Gasteiger partial charge >= 0.3 is 5.97 Å². The quantitative estimate of drug-likeness (QED) is 0.631. The minimum Gasteiger partial charge on any atom is -0.591 e. The maximum absolute atomic E-state index is 12.1. The second kappa shape index (κ2) is 7.19. The van der Waals surface area contributed by atoms with Crippen LogP contribution in [0.5, 0.6) is 0 Å². The molecule has 0 amide bonds. The van der Waals surface area contributed by atoms with E-state index in [-0.39, 0.29) is 11.3 Å². The van der Waals surface area contributed by atoms with E-state index < -0.39 is 22.1 Å². The zero-order chi connectivity index (χ0) is 18.9. The van der Waals surface area contributed by atoms with Gasteiger partial charge in [-0.1, -0.05) is 21.2 Å². The summed E-state index contributed by atoms with van der Waals surface area (Å²) in [6.45, 7) is 8.88. The van der Waals surface area contributed by atoms with Gasteiger partial charge in [0, 0.05) is 10.6 Å². The fraction of sp³-hybridized carbons (Fsp3) is 0.353. The second-order valence-corrected chi connectivity index (χ2v) is 8.92. The van der Waals surface area contributed by atoms with Crippen molar-refractivity contribution >= 4 is 35.1 Å². The predicted molar refractivity (Wildman–Crippen MR) is 98.9 cm³/mol. The van der Waals surface area contributed by atoms with Crippen LogP contribution in [0.4, 0.5) is 0 Å². The fourth-order valence-corrected chi connectivity index (χ4v) is 3.06. The highest BCUT2D eigenvalue weighted by Crippen LogP contribution is 2.34. The number of nitrogens with zero attached hydrogens (tertiary/aromatic N) is 2. The molecule has 0 unspecified atom stereocenters. The number of benzene rings is 1. The molecule has 0 bridgehead atoms. The molecule has 1 aromatic carbocycles. The molecule has 0 aliphatic rings. The first-order valence-corrected chi connectivity index (χ1v) is 8.97. The number of aromatic carboxylic acids is 1. The average Bonchev–Trinajstić information content (AvgIpc) is 2.84. The van der Waals surface area contributed by atoms with Crippen molar-refractivity contribution in [2.24, 2.45) is 4.40 Å². The van der Waals surface area contributed by atoms with Crippen LogP contribution in [0, 0.1) is 13.8 Å². The number of aromatic nitrogens is 1. The minimum absolute atomic E-state index is 0.0443. The van der Waals surface area contributed by atoms with E-state index in [1.54, 1.807) is 40.7 Å². The zero-order valence-electron chi connectivity index (χ0n) is 14.6. The molecule has 6 nitrogen and oxygen atoms in total. The Balaban J connectivity index is 2.62. The second-order valence-electron chi connectivity index (χ2n) is 6.55. The zero-order valence-corrected chi connectivity index (χ0v) is 16.2. The van der Waals surface area contributed by atoms with Crippen molar-refractivity contribution in [1.82, 2.24) is 5.16 Å². The number of aryl methyl sites for hydroxylation is 2. The lowest BCUT2D eigenvalue weighted by Crippen LogP contribution is -2.25. The van der Waals surface area contributed by atoms with Gasteiger partial charge in [0.25, 0.3) is 0 Å². The minimum atomic E-state index is -1.47. The van der Waals surface area contributed by atoms with Gasteiger partial charge in [-0.05, 0) is 52.3 Å². The third-order valence-corrected chi connectivity index (χ3v) is 5.02. The first kappa shape index (κ1) is 19.5. The molecule has 2 aromatic rings. The van der Waals surface area contributed by atoms with Crippen LogP contribution < -0.4 is 0 Å². The third kappa shape index (κ3) is 4.23. The van der Waals surface area contributed by atoms with Gasteiger partial charge in [0.1, 0.15) is 22.3 Å². The third-order valence-electron chi connectivity index (χ3n) is 3.46. The Labute approximate surface area is 154 Å². The summed E-state index contributed by atoms with van der Waals surface area (Å²) in [6.07, 6.45) is 1.33. The summed E-state index contributed by atoms with van der Waals surface area (Å²) in [5.41, 5.74) is 2.18. The molecule has 0 spiro atoms. The van der Waals surface area contributed by atoms with Gasteiger partial charge in [0.15, 0.2) is 5.76 Å². The van der Waals surface area contributed by atoms with Crippen molar-refractivity contribution in [1.29, 1.82) is 0 Å². The fourth-order valence-electron chi connectivity index (χ4n) is 2.28. The van der Waals surface area contributed by atoms with E-state index in [1.165, 1.54) is 12.3 Å². The molecular weight excluding hydrogens is 364 g/mol. The average molecular weight is 383 g/mol. The highest BCUT2D eigenvalue weighted by Gasteiger charge is 2.27. The van der Waals surface area contributed by atoms with Gasteiger partial charge in [-0.25, -0.2) is 4.79 Å². The first-order valence-electron chi connectivity index (χ1n) is 7.48. The maximum atomic E-state index is 12.1. The Morgan fingerprint density at radius 1 is 1.36 bits per heavy atom. The molecule has 0 aliphatic heterocycles. The number of hydrogen-bond donors (Lipinski definition) is 1. The summed E-state index contributed by atoms with van der Waals surface area (Å²) in [5, 5.41) is 13.8. The lowest BCUT2D eigenvalue weighted by molar-refractivity contribution is 0.0697. The number of carbonyl (C=O) groups is 1. The summed E-state index contributed by atoms with van der Waals surface area (Å²) < 4.78 is 20.9. The topological polar surface area (TPSA) is 98.8 Å². The van der Waals surface area contributed by atoms with Gasteiger partial charge in [0.2, 0.25) is 0 Å². The Bertz CT molecular complexity index is 840. The highest BCUT2D eigenvalue weighted by molar-refractivity contribution is 7.91. The van der Waals surface area contributed by atoms with Gasteiger partial charge in [0.05, 0.1) is 16.8 Å². The van der Waals surface area contributed by atoms with Gasteiger partial charge < -0.3 is 14.2 Å². The van der Waals surface area contributed by atoms with Crippen LogP contribution in [0.15, 0.2) is 21.1 Å². The monoisotopic (exact) mass is 382 g/mol. The highest BCUT2D eigenvalue weighted by atomic mass is 35.5. The number of rotatable bonds is 4. The lowest BCUT2D eigenvalue weighted by Gasteiger charge is -2.17. The molecule has 0 aliphatic carbocycles. The van der Waals surface area contributed by atoms with Crippen LogP contribution in [0.3, 0.4) is 0 Å². The molecule has 134 valence electrons.